The maximum atomic E-state index is 13.9. The number of sulfonamides is 1. The third-order valence-corrected chi connectivity index (χ3v) is 6.45. The molecule has 0 radical (unpaired) electrons. The summed E-state index contributed by atoms with van der Waals surface area (Å²) in [7, 11) is -1.94. The Morgan fingerprint density at radius 1 is 1.36 bits per heavy atom. The number of hydrogen-bond acceptors (Lipinski definition) is 4. The quantitative estimate of drug-likeness (QED) is 0.814. The maximum Gasteiger partial charge on any atom is 0.246 e. The molecule has 2 saturated heterocycles. The molecule has 2 aliphatic heterocycles. The van der Waals surface area contributed by atoms with Crippen LogP contribution in [-0.4, -0.2) is 63.1 Å². The van der Waals surface area contributed by atoms with Crippen LogP contribution in [0.25, 0.3) is 0 Å². The van der Waals surface area contributed by atoms with Crippen LogP contribution in [0.5, 0.6) is 0 Å². The number of morpholine rings is 1. The van der Waals surface area contributed by atoms with Gasteiger partial charge in [-0.25, -0.2) is 12.8 Å². The highest BCUT2D eigenvalue weighted by atomic mass is 35.5. The fourth-order valence-electron chi connectivity index (χ4n) is 3.04. The van der Waals surface area contributed by atoms with Gasteiger partial charge in [-0.1, -0.05) is 11.6 Å². The summed E-state index contributed by atoms with van der Waals surface area (Å²) in [6.45, 7) is 2.05. The van der Waals surface area contributed by atoms with Gasteiger partial charge in [-0.15, -0.1) is 0 Å². The van der Waals surface area contributed by atoms with Gasteiger partial charge >= 0.3 is 0 Å². The zero-order chi connectivity index (χ0) is 15.9. The average molecular weight is 349 g/mol. The summed E-state index contributed by atoms with van der Waals surface area (Å²) < 4.78 is 46.4. The summed E-state index contributed by atoms with van der Waals surface area (Å²) >= 11 is 5.82. The van der Waals surface area contributed by atoms with Crippen molar-refractivity contribution < 1.29 is 17.5 Å². The van der Waals surface area contributed by atoms with Crippen molar-refractivity contribution >= 4 is 21.6 Å². The Hall–Kier alpha value is -0.730. The van der Waals surface area contributed by atoms with Crippen LogP contribution in [0.4, 0.5) is 4.39 Å². The minimum absolute atomic E-state index is 0.000444. The lowest BCUT2D eigenvalue weighted by Crippen LogP contribution is -2.59. The van der Waals surface area contributed by atoms with Crippen molar-refractivity contribution in [2.75, 3.05) is 33.3 Å². The van der Waals surface area contributed by atoms with Crippen LogP contribution in [0.2, 0.25) is 5.02 Å². The van der Waals surface area contributed by atoms with E-state index in [-0.39, 0.29) is 22.1 Å². The van der Waals surface area contributed by atoms with Gasteiger partial charge in [0, 0.05) is 30.7 Å². The van der Waals surface area contributed by atoms with E-state index in [0.717, 1.165) is 12.6 Å². The molecule has 2 heterocycles. The molecule has 0 amide bonds. The Balaban J connectivity index is 1.88. The normalized spacial score (nSPS) is 27.6. The molecule has 0 unspecified atom stereocenters. The SMILES string of the molecule is CN1CCO[C@@H]2CCN(S(=O)(=O)c3cc(Cl)ccc3F)C[C@@H]21. The Labute approximate surface area is 134 Å². The number of hydrogen-bond donors (Lipinski definition) is 0. The molecule has 5 nitrogen and oxygen atoms in total. The molecule has 0 bridgehead atoms. The van der Waals surface area contributed by atoms with E-state index < -0.39 is 15.8 Å². The molecule has 2 fully saturated rings. The average Bonchev–Trinajstić information content (AvgIpc) is 2.49. The van der Waals surface area contributed by atoms with E-state index >= 15 is 0 Å². The van der Waals surface area contributed by atoms with Crippen LogP contribution in [0.15, 0.2) is 23.1 Å². The first kappa shape index (κ1) is 16.1. The van der Waals surface area contributed by atoms with E-state index in [1.807, 2.05) is 7.05 Å². The molecule has 0 saturated carbocycles. The highest BCUT2D eigenvalue weighted by Crippen LogP contribution is 2.28. The molecule has 0 aromatic heterocycles. The zero-order valence-corrected chi connectivity index (χ0v) is 13.8. The van der Waals surface area contributed by atoms with Gasteiger partial charge < -0.3 is 4.74 Å². The summed E-state index contributed by atoms with van der Waals surface area (Å²) in [5.74, 6) is -0.778. The molecule has 122 valence electrons. The Kier molecular flexibility index (Phi) is 4.44. The third kappa shape index (κ3) is 2.88. The number of fused-ring (bicyclic) bond motifs is 1. The fraction of sp³-hybridized carbons (Fsp3) is 0.571. The lowest BCUT2D eigenvalue weighted by atomic mass is 10.0. The molecule has 2 atom stereocenters. The van der Waals surface area contributed by atoms with Crippen LogP contribution in [0.3, 0.4) is 0 Å². The summed E-state index contributed by atoms with van der Waals surface area (Å²) in [6, 6.07) is 3.58. The molecule has 2 aliphatic rings. The standard InChI is InChI=1S/C14H18ClFN2O3S/c1-17-6-7-21-13-4-5-18(9-12(13)17)22(19,20)14-8-10(15)2-3-11(14)16/h2-3,8,12-13H,4-7,9H2,1H3/t12-,13+/m0/s1. The van der Waals surface area contributed by atoms with Crippen molar-refractivity contribution in [2.45, 2.75) is 23.5 Å². The maximum absolute atomic E-state index is 13.9. The second kappa shape index (κ2) is 6.05. The molecular formula is C14H18ClFN2O3S. The van der Waals surface area contributed by atoms with Gasteiger partial charge in [-0.3, -0.25) is 4.90 Å². The van der Waals surface area contributed by atoms with E-state index in [0.29, 0.717) is 26.1 Å². The van der Waals surface area contributed by atoms with E-state index in [1.54, 1.807) is 0 Å². The molecule has 22 heavy (non-hydrogen) atoms. The summed E-state index contributed by atoms with van der Waals surface area (Å²) in [6.07, 6.45) is 0.644. The molecule has 0 N–H and O–H groups in total. The van der Waals surface area contributed by atoms with E-state index in [9.17, 15) is 12.8 Å². The van der Waals surface area contributed by atoms with Crippen molar-refractivity contribution in [1.82, 2.24) is 9.21 Å². The second-order valence-electron chi connectivity index (χ2n) is 5.68. The molecule has 3 rings (SSSR count). The molecule has 0 spiro atoms. The van der Waals surface area contributed by atoms with Crippen LogP contribution in [-0.2, 0) is 14.8 Å². The molecule has 1 aromatic rings. The van der Waals surface area contributed by atoms with Crippen molar-refractivity contribution in [1.29, 1.82) is 0 Å². The number of nitrogens with zero attached hydrogens (tertiary/aromatic N) is 2. The Morgan fingerprint density at radius 2 is 2.14 bits per heavy atom. The molecule has 0 aliphatic carbocycles. The van der Waals surface area contributed by atoms with Gasteiger partial charge in [0.1, 0.15) is 10.7 Å². The van der Waals surface area contributed by atoms with Gasteiger partial charge in [0.2, 0.25) is 10.0 Å². The minimum atomic E-state index is -3.90. The minimum Gasteiger partial charge on any atom is -0.375 e. The van der Waals surface area contributed by atoms with Crippen LogP contribution in [0, 0.1) is 5.82 Å². The number of rotatable bonds is 2. The first-order chi connectivity index (χ1) is 10.4. The van der Waals surface area contributed by atoms with Crippen LogP contribution in [0.1, 0.15) is 6.42 Å². The van der Waals surface area contributed by atoms with Crippen molar-refractivity contribution in [3.63, 3.8) is 0 Å². The van der Waals surface area contributed by atoms with Crippen molar-refractivity contribution in [2.24, 2.45) is 0 Å². The lowest BCUT2D eigenvalue weighted by molar-refractivity contribution is -0.0840. The number of benzene rings is 1. The highest BCUT2D eigenvalue weighted by molar-refractivity contribution is 7.89. The monoisotopic (exact) mass is 348 g/mol. The van der Waals surface area contributed by atoms with Gasteiger partial charge in [0.15, 0.2) is 0 Å². The zero-order valence-electron chi connectivity index (χ0n) is 12.2. The van der Waals surface area contributed by atoms with E-state index in [1.165, 1.54) is 16.4 Å². The second-order valence-corrected chi connectivity index (χ2v) is 8.03. The van der Waals surface area contributed by atoms with E-state index in [2.05, 4.69) is 4.90 Å². The summed E-state index contributed by atoms with van der Waals surface area (Å²) in [5, 5.41) is 0.202. The van der Waals surface area contributed by atoms with E-state index in [4.69, 9.17) is 16.3 Å². The van der Waals surface area contributed by atoms with Crippen molar-refractivity contribution in [3.05, 3.63) is 29.0 Å². The smallest absolute Gasteiger partial charge is 0.246 e. The molecule has 1 aromatic carbocycles. The number of ether oxygens (including phenoxy) is 1. The molecule has 8 heteroatoms. The third-order valence-electron chi connectivity index (χ3n) is 4.34. The predicted octanol–water partition coefficient (Wildman–Crippen LogP) is 1.57. The van der Waals surface area contributed by atoms with Gasteiger partial charge in [0.05, 0.1) is 12.7 Å². The summed E-state index contributed by atoms with van der Waals surface area (Å²) in [5.41, 5.74) is 0. The lowest BCUT2D eigenvalue weighted by Gasteiger charge is -2.45. The van der Waals surface area contributed by atoms with Gasteiger partial charge in [0.25, 0.3) is 0 Å². The Bertz CT molecular complexity index is 670. The van der Waals surface area contributed by atoms with Crippen LogP contribution >= 0.6 is 11.6 Å². The fourth-order valence-corrected chi connectivity index (χ4v) is 4.84. The largest absolute Gasteiger partial charge is 0.375 e. The van der Waals surface area contributed by atoms with Gasteiger partial charge in [-0.05, 0) is 31.7 Å². The summed E-state index contributed by atoms with van der Waals surface area (Å²) in [4.78, 5) is 1.74. The number of likely N-dealkylation sites (N-methyl/N-ethyl adjacent to an activating group) is 1. The Morgan fingerprint density at radius 3 is 2.91 bits per heavy atom. The molecular weight excluding hydrogens is 331 g/mol. The predicted molar refractivity (Wildman–Crippen MR) is 80.9 cm³/mol. The van der Waals surface area contributed by atoms with Crippen molar-refractivity contribution in [3.8, 4) is 0 Å². The number of piperidine rings is 1. The first-order valence-electron chi connectivity index (χ1n) is 7.16. The van der Waals surface area contributed by atoms with Crippen LogP contribution < -0.4 is 0 Å². The topological polar surface area (TPSA) is 49.9 Å². The first-order valence-corrected chi connectivity index (χ1v) is 8.98. The number of halogens is 2. The van der Waals surface area contributed by atoms with Gasteiger partial charge in [-0.2, -0.15) is 4.31 Å². The highest BCUT2D eigenvalue weighted by Gasteiger charge is 2.40.